The standard InChI is InChI=1S/C9H8N2O2/c1-2-8(12)6-4-3-5-7(11-6)9(10)13/h2-5H,1H2,(H2,10,13). The maximum atomic E-state index is 11.1. The molecule has 0 aliphatic carbocycles. The summed E-state index contributed by atoms with van der Waals surface area (Å²) in [6.07, 6.45) is 1.13. The molecule has 1 heterocycles. The molecule has 1 rings (SSSR count). The molecule has 0 unspecified atom stereocenters. The summed E-state index contributed by atoms with van der Waals surface area (Å²) >= 11 is 0. The van der Waals surface area contributed by atoms with Gasteiger partial charge in [0.2, 0.25) is 5.78 Å². The minimum Gasteiger partial charge on any atom is -0.364 e. The molecular weight excluding hydrogens is 168 g/mol. The van der Waals surface area contributed by atoms with Crippen LogP contribution >= 0.6 is 0 Å². The van der Waals surface area contributed by atoms with Crippen LogP contribution in [0.5, 0.6) is 0 Å². The van der Waals surface area contributed by atoms with Crippen molar-refractivity contribution in [2.75, 3.05) is 0 Å². The smallest absolute Gasteiger partial charge is 0.267 e. The average molecular weight is 176 g/mol. The minimum absolute atomic E-state index is 0.0766. The highest BCUT2D eigenvalue weighted by molar-refractivity contribution is 6.03. The van der Waals surface area contributed by atoms with E-state index in [4.69, 9.17) is 5.73 Å². The molecule has 2 N–H and O–H groups in total. The number of ketones is 1. The molecule has 0 radical (unpaired) electrons. The van der Waals surface area contributed by atoms with Crippen molar-refractivity contribution in [3.8, 4) is 0 Å². The van der Waals surface area contributed by atoms with Gasteiger partial charge in [0.1, 0.15) is 11.4 Å². The van der Waals surface area contributed by atoms with Gasteiger partial charge in [-0.1, -0.05) is 12.6 Å². The average Bonchev–Trinajstić information content (AvgIpc) is 2.17. The Morgan fingerprint density at radius 3 is 2.54 bits per heavy atom. The van der Waals surface area contributed by atoms with Gasteiger partial charge in [0.25, 0.3) is 5.91 Å². The summed E-state index contributed by atoms with van der Waals surface area (Å²) in [6.45, 7) is 3.31. The Labute approximate surface area is 75.1 Å². The van der Waals surface area contributed by atoms with Crippen molar-refractivity contribution in [3.05, 3.63) is 42.2 Å². The highest BCUT2D eigenvalue weighted by Crippen LogP contribution is 2.00. The lowest BCUT2D eigenvalue weighted by molar-refractivity contribution is 0.0995. The van der Waals surface area contributed by atoms with Gasteiger partial charge in [-0.2, -0.15) is 0 Å². The van der Waals surface area contributed by atoms with Crippen LogP contribution in [0.15, 0.2) is 30.9 Å². The number of allylic oxidation sites excluding steroid dienone is 1. The van der Waals surface area contributed by atoms with Crippen LogP contribution in [0, 0.1) is 0 Å². The van der Waals surface area contributed by atoms with Crippen LogP contribution in [0.25, 0.3) is 0 Å². The first-order valence-corrected chi connectivity index (χ1v) is 3.59. The lowest BCUT2D eigenvalue weighted by Gasteiger charge is -1.96. The highest BCUT2D eigenvalue weighted by atomic mass is 16.1. The first-order valence-electron chi connectivity index (χ1n) is 3.59. The summed E-state index contributed by atoms with van der Waals surface area (Å²) in [5.41, 5.74) is 5.23. The zero-order valence-corrected chi connectivity index (χ0v) is 6.86. The maximum absolute atomic E-state index is 11.1. The number of carbonyl (C=O) groups is 2. The Morgan fingerprint density at radius 1 is 1.38 bits per heavy atom. The van der Waals surface area contributed by atoms with E-state index in [1.165, 1.54) is 12.1 Å². The second kappa shape index (κ2) is 3.62. The van der Waals surface area contributed by atoms with Gasteiger partial charge < -0.3 is 5.73 Å². The van der Waals surface area contributed by atoms with E-state index in [0.717, 1.165) is 6.08 Å². The monoisotopic (exact) mass is 176 g/mol. The van der Waals surface area contributed by atoms with Crippen LogP contribution in [-0.2, 0) is 0 Å². The summed E-state index contributed by atoms with van der Waals surface area (Å²) in [4.78, 5) is 25.5. The fraction of sp³-hybridized carbons (Fsp3) is 0. The molecule has 0 saturated heterocycles. The van der Waals surface area contributed by atoms with Crippen LogP contribution in [-0.4, -0.2) is 16.7 Å². The molecule has 13 heavy (non-hydrogen) atoms. The molecule has 0 aromatic carbocycles. The number of hydrogen-bond acceptors (Lipinski definition) is 3. The number of nitrogens with two attached hydrogens (primary N) is 1. The van der Waals surface area contributed by atoms with Crippen LogP contribution in [0.2, 0.25) is 0 Å². The molecule has 1 aromatic heterocycles. The number of aromatic nitrogens is 1. The molecule has 0 fully saturated rings. The van der Waals surface area contributed by atoms with Crippen molar-refractivity contribution >= 4 is 11.7 Å². The van der Waals surface area contributed by atoms with E-state index in [9.17, 15) is 9.59 Å². The third-order valence-corrected chi connectivity index (χ3v) is 1.44. The number of nitrogens with zero attached hydrogens (tertiary/aromatic N) is 1. The molecular formula is C9H8N2O2. The Morgan fingerprint density at radius 2 is 2.00 bits per heavy atom. The van der Waals surface area contributed by atoms with Crippen LogP contribution < -0.4 is 5.73 Å². The van der Waals surface area contributed by atoms with Crippen molar-refractivity contribution in [2.24, 2.45) is 5.73 Å². The Hall–Kier alpha value is -1.97. The molecule has 0 aliphatic heterocycles. The SMILES string of the molecule is C=CC(=O)c1cccc(C(N)=O)n1. The van der Waals surface area contributed by atoms with Gasteiger partial charge in [0, 0.05) is 0 Å². The summed E-state index contributed by atoms with van der Waals surface area (Å²) < 4.78 is 0. The Balaban J connectivity index is 3.12. The topological polar surface area (TPSA) is 73.1 Å². The summed E-state index contributed by atoms with van der Waals surface area (Å²) in [5.74, 6) is -0.984. The summed E-state index contributed by atoms with van der Waals surface area (Å²) in [6, 6.07) is 4.49. The molecule has 0 atom stereocenters. The van der Waals surface area contributed by atoms with Crippen molar-refractivity contribution < 1.29 is 9.59 Å². The van der Waals surface area contributed by atoms with Gasteiger partial charge in [-0.05, 0) is 18.2 Å². The number of rotatable bonds is 3. The first kappa shape index (κ1) is 9.12. The normalized spacial score (nSPS) is 9.23. The van der Waals surface area contributed by atoms with E-state index in [1.807, 2.05) is 0 Å². The number of carbonyl (C=O) groups excluding carboxylic acids is 2. The lowest BCUT2D eigenvalue weighted by atomic mass is 10.2. The molecule has 4 nitrogen and oxygen atoms in total. The second-order valence-electron chi connectivity index (χ2n) is 2.34. The van der Waals surface area contributed by atoms with Gasteiger partial charge in [-0.25, -0.2) is 4.98 Å². The fourth-order valence-corrected chi connectivity index (χ4v) is 0.814. The Bertz CT molecular complexity index is 372. The Kier molecular flexibility index (Phi) is 2.54. The van der Waals surface area contributed by atoms with Crippen LogP contribution in [0.4, 0.5) is 0 Å². The van der Waals surface area contributed by atoms with E-state index in [-0.39, 0.29) is 17.2 Å². The first-order chi connectivity index (χ1) is 6.15. The van der Waals surface area contributed by atoms with Gasteiger partial charge in [-0.3, -0.25) is 9.59 Å². The van der Waals surface area contributed by atoms with E-state index in [2.05, 4.69) is 11.6 Å². The van der Waals surface area contributed by atoms with E-state index >= 15 is 0 Å². The van der Waals surface area contributed by atoms with Gasteiger partial charge in [-0.15, -0.1) is 0 Å². The molecule has 0 spiro atoms. The number of primary amides is 1. The van der Waals surface area contributed by atoms with Crippen molar-refractivity contribution in [1.29, 1.82) is 0 Å². The number of pyridine rings is 1. The number of hydrogen-bond donors (Lipinski definition) is 1. The van der Waals surface area contributed by atoms with E-state index in [0.29, 0.717) is 0 Å². The van der Waals surface area contributed by atoms with Crippen LogP contribution in [0.3, 0.4) is 0 Å². The van der Waals surface area contributed by atoms with Gasteiger partial charge in [0.15, 0.2) is 0 Å². The molecule has 0 saturated carbocycles. The second-order valence-corrected chi connectivity index (χ2v) is 2.34. The van der Waals surface area contributed by atoms with Gasteiger partial charge in [0.05, 0.1) is 0 Å². The third kappa shape index (κ3) is 1.99. The minimum atomic E-state index is -0.654. The molecule has 1 amide bonds. The summed E-state index contributed by atoms with van der Waals surface area (Å²) in [5, 5.41) is 0. The largest absolute Gasteiger partial charge is 0.364 e. The molecule has 0 aliphatic rings. The molecule has 0 bridgehead atoms. The number of amides is 1. The lowest BCUT2D eigenvalue weighted by Crippen LogP contribution is -2.14. The highest BCUT2D eigenvalue weighted by Gasteiger charge is 2.06. The van der Waals surface area contributed by atoms with E-state index in [1.54, 1.807) is 6.07 Å². The van der Waals surface area contributed by atoms with Gasteiger partial charge >= 0.3 is 0 Å². The fourth-order valence-electron chi connectivity index (χ4n) is 0.814. The zero-order valence-electron chi connectivity index (χ0n) is 6.86. The van der Waals surface area contributed by atoms with Crippen molar-refractivity contribution in [3.63, 3.8) is 0 Å². The maximum Gasteiger partial charge on any atom is 0.267 e. The summed E-state index contributed by atoms with van der Waals surface area (Å²) in [7, 11) is 0. The van der Waals surface area contributed by atoms with Crippen LogP contribution in [0.1, 0.15) is 21.0 Å². The third-order valence-electron chi connectivity index (χ3n) is 1.44. The molecule has 66 valence electrons. The zero-order chi connectivity index (χ0) is 9.84. The predicted molar refractivity (Wildman–Crippen MR) is 47.3 cm³/mol. The quantitative estimate of drug-likeness (QED) is 0.539. The van der Waals surface area contributed by atoms with Crippen molar-refractivity contribution in [1.82, 2.24) is 4.98 Å². The predicted octanol–water partition coefficient (Wildman–Crippen LogP) is 0.549. The van der Waals surface area contributed by atoms with E-state index < -0.39 is 5.91 Å². The molecule has 4 heteroatoms. The van der Waals surface area contributed by atoms with Crippen molar-refractivity contribution in [2.45, 2.75) is 0 Å². The molecule has 1 aromatic rings.